The number of anilines is 2. The number of rotatable bonds is 40. The molecule has 25 nitrogen and oxygen atoms in total. The van der Waals surface area contributed by atoms with Gasteiger partial charge in [-0.2, -0.15) is 0 Å². The molecular weight excluding hydrogens is 1120 g/mol. The van der Waals surface area contributed by atoms with Crippen LogP contribution in [-0.2, 0) is 68.5 Å². The summed E-state index contributed by atoms with van der Waals surface area (Å²) in [7, 11) is 5.74. The SMILES string of the molecule is CC[C@H](C)[C@H](NCC(C)(C)N(C)C)C(=O)N(C)[C@H](C[C@@H](OC(C)=O)c1nc(C(=O)N[C@@H](Cc2ccc(NC(=O)CCOCCOCCN3C(=O)C=CC3=O)c(NC(=O)CCOCCOCCN3C(=O)C=CC3O)c2)CC(C)C(=O)O)cs1)C(C)C. The molecule has 0 spiro atoms. The van der Waals surface area contributed by atoms with Gasteiger partial charge in [-0.05, 0) is 76.4 Å². The maximum Gasteiger partial charge on any atom is 0.306 e. The Labute approximate surface area is 502 Å². The third-order valence-corrected chi connectivity index (χ3v) is 15.8. The van der Waals surface area contributed by atoms with Crippen LogP contribution in [0.25, 0.3) is 0 Å². The molecule has 472 valence electrons. The van der Waals surface area contributed by atoms with Gasteiger partial charge < -0.3 is 69.9 Å². The summed E-state index contributed by atoms with van der Waals surface area (Å²) in [5, 5.41) is 33.8. The Hall–Kier alpha value is -6.52. The number of nitrogens with one attached hydrogen (secondary N) is 4. The number of carbonyl (C=O) groups is 9. The summed E-state index contributed by atoms with van der Waals surface area (Å²) in [6, 6.07) is 3.17. The van der Waals surface area contributed by atoms with Crippen molar-refractivity contribution in [1.82, 2.24) is 35.2 Å². The van der Waals surface area contributed by atoms with Crippen LogP contribution in [0, 0.1) is 17.8 Å². The van der Waals surface area contributed by atoms with E-state index in [2.05, 4.69) is 45.0 Å². The second-order valence-electron chi connectivity index (χ2n) is 22.4. The lowest BCUT2D eigenvalue weighted by Gasteiger charge is -2.39. The molecule has 3 heterocycles. The first-order valence-electron chi connectivity index (χ1n) is 28.8. The molecular formula is C59H89N9O16S. The number of carbonyl (C=O) groups excluding carboxylic acids is 8. The van der Waals surface area contributed by atoms with E-state index >= 15 is 0 Å². The van der Waals surface area contributed by atoms with Crippen molar-refractivity contribution in [2.45, 2.75) is 130 Å². The first-order chi connectivity index (χ1) is 40.2. The van der Waals surface area contributed by atoms with Gasteiger partial charge in [0, 0.05) is 74.7 Å². The molecule has 2 unspecified atom stereocenters. The molecule has 2 aliphatic heterocycles. The van der Waals surface area contributed by atoms with E-state index in [1.807, 2.05) is 41.8 Å². The van der Waals surface area contributed by atoms with E-state index in [0.29, 0.717) is 17.1 Å². The average Bonchev–Trinajstić information content (AvgIpc) is 4.18. The lowest BCUT2D eigenvalue weighted by molar-refractivity contribution is -0.149. The molecule has 0 saturated carbocycles. The number of benzene rings is 1. The van der Waals surface area contributed by atoms with Crippen molar-refractivity contribution in [3.8, 4) is 0 Å². The predicted octanol–water partition coefficient (Wildman–Crippen LogP) is 3.78. The summed E-state index contributed by atoms with van der Waals surface area (Å²) >= 11 is 1.11. The highest BCUT2D eigenvalue weighted by atomic mass is 32.1. The molecule has 2 aliphatic rings. The lowest BCUT2D eigenvalue weighted by atomic mass is 9.92. The van der Waals surface area contributed by atoms with Crippen LogP contribution >= 0.6 is 11.3 Å². The van der Waals surface area contributed by atoms with E-state index in [9.17, 15) is 53.4 Å². The first-order valence-corrected chi connectivity index (χ1v) is 29.7. The highest BCUT2D eigenvalue weighted by Crippen LogP contribution is 2.32. The number of aliphatic hydroxyl groups excluding tert-OH is 1. The molecule has 7 amide bonds. The third kappa shape index (κ3) is 23.4. The van der Waals surface area contributed by atoms with Crippen molar-refractivity contribution in [2.75, 3.05) is 104 Å². The fourth-order valence-corrected chi connectivity index (χ4v) is 9.85. The second-order valence-corrected chi connectivity index (χ2v) is 23.2. The van der Waals surface area contributed by atoms with Gasteiger partial charge in [0.25, 0.3) is 17.7 Å². The van der Waals surface area contributed by atoms with Gasteiger partial charge in [-0.3, -0.25) is 48.1 Å². The summed E-state index contributed by atoms with van der Waals surface area (Å²) < 4.78 is 28.0. The van der Waals surface area contributed by atoms with Crippen molar-refractivity contribution in [3.63, 3.8) is 0 Å². The van der Waals surface area contributed by atoms with Crippen LogP contribution in [0.5, 0.6) is 0 Å². The molecule has 0 radical (unpaired) electrons. The predicted molar refractivity (Wildman–Crippen MR) is 317 cm³/mol. The van der Waals surface area contributed by atoms with Gasteiger partial charge in [0.15, 0.2) is 6.10 Å². The van der Waals surface area contributed by atoms with Gasteiger partial charge in [0.05, 0.1) is 95.6 Å². The zero-order valence-electron chi connectivity index (χ0n) is 51.0. The highest BCUT2D eigenvalue weighted by Gasteiger charge is 2.36. The van der Waals surface area contributed by atoms with E-state index < -0.39 is 77.8 Å². The van der Waals surface area contributed by atoms with Crippen molar-refractivity contribution >= 4 is 76.0 Å². The number of aliphatic hydroxyl groups is 1. The Morgan fingerprint density at radius 2 is 1.38 bits per heavy atom. The largest absolute Gasteiger partial charge is 0.481 e. The van der Waals surface area contributed by atoms with Crippen LogP contribution in [0.4, 0.5) is 11.4 Å². The van der Waals surface area contributed by atoms with Crippen molar-refractivity contribution < 1.29 is 77.0 Å². The Kier molecular flexibility index (Phi) is 29.4. The van der Waals surface area contributed by atoms with Crippen LogP contribution in [0.1, 0.15) is 115 Å². The lowest BCUT2D eigenvalue weighted by Crippen LogP contribution is -2.57. The number of hydrogen-bond donors (Lipinski definition) is 6. The molecule has 7 atom stereocenters. The van der Waals surface area contributed by atoms with Crippen LogP contribution in [0.2, 0.25) is 0 Å². The number of ether oxygens (including phenoxy) is 5. The number of carboxylic acids is 1. The summed E-state index contributed by atoms with van der Waals surface area (Å²) in [6.45, 7) is 16.7. The molecule has 6 N–H and O–H groups in total. The maximum atomic E-state index is 14.4. The van der Waals surface area contributed by atoms with Crippen LogP contribution in [0.15, 0.2) is 47.9 Å². The normalized spacial score (nSPS) is 16.4. The minimum absolute atomic E-state index is 0.000480. The summed E-state index contributed by atoms with van der Waals surface area (Å²) in [4.78, 5) is 126. The van der Waals surface area contributed by atoms with Gasteiger partial charge in [-0.25, -0.2) is 4.98 Å². The molecule has 2 aromatic rings. The van der Waals surface area contributed by atoms with Gasteiger partial charge in [0.2, 0.25) is 23.6 Å². The van der Waals surface area contributed by atoms with Gasteiger partial charge in [-0.15, -0.1) is 11.3 Å². The number of hydrogen-bond acceptors (Lipinski definition) is 19. The Morgan fingerprint density at radius 1 is 0.788 bits per heavy atom. The summed E-state index contributed by atoms with van der Waals surface area (Å²) in [5.41, 5.74) is 0.763. The Morgan fingerprint density at radius 3 is 1.92 bits per heavy atom. The topological polar surface area (TPSA) is 314 Å². The number of aromatic nitrogens is 1. The van der Waals surface area contributed by atoms with Crippen LogP contribution in [-0.4, -0.2) is 212 Å². The van der Waals surface area contributed by atoms with Crippen LogP contribution in [0.3, 0.4) is 0 Å². The molecule has 0 saturated heterocycles. The molecule has 0 bridgehead atoms. The number of carboxylic acid groups (broad SMARTS) is 1. The van der Waals surface area contributed by atoms with E-state index in [0.717, 1.165) is 22.7 Å². The molecule has 1 aromatic carbocycles. The number of imide groups is 1. The standard InChI is InChI=1S/C59H89N9O16S/c1-12-38(4)54(60-36-59(7,8)65(9)10)57(77)66(11)46(37(2)3)34-47(84-40(6)69)56-64-45(35-85-56)55(76)61-42(31-39(5)58(78)79)32-41-13-14-43(62-48(70)19-23-80-27-29-82-25-21-67-50(72)15-16-51(67)73)44(33-41)63-49(71)20-24-81-28-30-83-26-22-68-52(74)17-18-53(68)75/h13-18,33,35,37-39,42,46-47,52,54,60,74H,12,19-32,34,36H2,1-11H3,(H,61,76)(H,62,70)(H,63,71)(H,78,79)/t38-,39?,42+,46+,47+,52?,54-/m0/s1. The number of aliphatic carboxylic acids is 1. The summed E-state index contributed by atoms with van der Waals surface area (Å²) in [5.74, 6) is -5.42. The van der Waals surface area contributed by atoms with Crippen molar-refractivity contribution in [1.29, 1.82) is 0 Å². The first kappa shape index (κ1) is 71.0. The van der Waals surface area contributed by atoms with Gasteiger partial charge >= 0.3 is 11.9 Å². The zero-order valence-corrected chi connectivity index (χ0v) is 51.8. The average molecular weight is 1210 g/mol. The van der Waals surface area contributed by atoms with E-state index in [1.54, 1.807) is 30.1 Å². The molecule has 0 aliphatic carbocycles. The highest BCUT2D eigenvalue weighted by molar-refractivity contribution is 7.09. The van der Waals surface area contributed by atoms with E-state index in [1.165, 1.54) is 48.4 Å². The van der Waals surface area contributed by atoms with Crippen LogP contribution < -0.4 is 21.3 Å². The quantitative estimate of drug-likeness (QED) is 0.0314. The van der Waals surface area contributed by atoms with Crippen molar-refractivity contribution in [3.05, 3.63) is 64.1 Å². The molecule has 1 aromatic heterocycles. The van der Waals surface area contributed by atoms with Crippen molar-refractivity contribution in [2.24, 2.45) is 17.8 Å². The number of likely N-dealkylation sites (N-methyl/N-ethyl adjacent to an activating group) is 2. The Bertz CT molecular complexity index is 2630. The molecule has 0 fully saturated rings. The minimum atomic E-state index is -1.09. The van der Waals surface area contributed by atoms with Gasteiger partial charge in [-0.1, -0.05) is 47.1 Å². The number of thiazole rings is 1. The van der Waals surface area contributed by atoms with E-state index in [4.69, 9.17) is 23.7 Å². The van der Waals surface area contributed by atoms with E-state index in [-0.39, 0.29) is 144 Å². The molecule has 4 rings (SSSR count). The monoisotopic (exact) mass is 1210 g/mol. The fourth-order valence-electron chi connectivity index (χ4n) is 9.01. The molecule has 85 heavy (non-hydrogen) atoms. The minimum Gasteiger partial charge on any atom is -0.481 e. The maximum absolute atomic E-state index is 14.4. The van der Waals surface area contributed by atoms with Gasteiger partial charge in [0.1, 0.15) is 16.9 Å². The molecule has 26 heteroatoms. The number of nitrogens with zero attached hydrogens (tertiary/aromatic N) is 5. The Balaban J connectivity index is 1.47. The summed E-state index contributed by atoms with van der Waals surface area (Å²) in [6.07, 6.45) is 3.95. The zero-order chi connectivity index (χ0) is 63.0. The number of esters is 1. The smallest absolute Gasteiger partial charge is 0.306 e. The second kappa shape index (κ2) is 35.2. The fraction of sp³-hybridized carbons (Fsp3) is 0.627. The number of amides is 7. The third-order valence-electron chi connectivity index (χ3n) is 14.9.